The topological polar surface area (TPSA) is 24.5 Å². The van der Waals surface area contributed by atoms with Gasteiger partial charge in [0.1, 0.15) is 0 Å². The maximum absolute atomic E-state index is 5.89. The number of anilines is 2. The van der Waals surface area contributed by atoms with Gasteiger partial charge in [0.2, 0.25) is 0 Å². The van der Waals surface area contributed by atoms with Gasteiger partial charge in [0, 0.05) is 36.0 Å². The zero-order chi connectivity index (χ0) is 14.5. The third-order valence-electron chi connectivity index (χ3n) is 3.65. The Hall–Kier alpha value is -1.71. The maximum atomic E-state index is 5.89. The summed E-state index contributed by atoms with van der Waals surface area (Å²) in [5.74, 6) is 0. The molecule has 0 amide bonds. The smallest absolute Gasteiger partial charge is 0.0642 e. The molecule has 3 rings (SSSR count). The zero-order valence-corrected chi connectivity index (χ0v) is 12.6. The Bertz CT molecular complexity index is 562. The van der Waals surface area contributed by atoms with Gasteiger partial charge in [-0.15, -0.1) is 0 Å². The van der Waals surface area contributed by atoms with Gasteiger partial charge in [-0.2, -0.15) is 0 Å². The van der Waals surface area contributed by atoms with Gasteiger partial charge >= 0.3 is 0 Å². The van der Waals surface area contributed by atoms with Crippen LogP contribution in [0.1, 0.15) is 5.56 Å². The highest BCUT2D eigenvalue weighted by molar-refractivity contribution is 6.30. The van der Waals surface area contributed by atoms with E-state index in [4.69, 9.17) is 16.3 Å². The van der Waals surface area contributed by atoms with Gasteiger partial charge in [-0.05, 0) is 42.0 Å². The van der Waals surface area contributed by atoms with Crippen LogP contribution in [-0.4, -0.2) is 26.3 Å². The summed E-state index contributed by atoms with van der Waals surface area (Å²) in [5.41, 5.74) is 3.61. The Morgan fingerprint density at radius 3 is 2.29 bits per heavy atom. The Morgan fingerprint density at radius 1 is 0.952 bits per heavy atom. The van der Waals surface area contributed by atoms with Crippen LogP contribution in [0, 0.1) is 0 Å². The molecular weight excluding hydrogens is 284 g/mol. The summed E-state index contributed by atoms with van der Waals surface area (Å²) >= 11 is 5.89. The first kappa shape index (κ1) is 14.2. The van der Waals surface area contributed by atoms with E-state index in [0.717, 1.165) is 43.6 Å². The van der Waals surface area contributed by atoms with Crippen LogP contribution in [0.4, 0.5) is 11.4 Å². The summed E-state index contributed by atoms with van der Waals surface area (Å²) in [7, 11) is 0. The van der Waals surface area contributed by atoms with Crippen molar-refractivity contribution in [3.8, 4) is 0 Å². The molecular formula is C17H19ClN2O. The number of nitrogens with one attached hydrogen (secondary N) is 1. The van der Waals surface area contributed by atoms with Crippen LogP contribution >= 0.6 is 11.6 Å². The van der Waals surface area contributed by atoms with Crippen LogP contribution in [0.15, 0.2) is 48.5 Å². The van der Waals surface area contributed by atoms with Gasteiger partial charge in [0.05, 0.1) is 13.2 Å². The van der Waals surface area contributed by atoms with Crippen LogP contribution in [0.3, 0.4) is 0 Å². The van der Waals surface area contributed by atoms with Crippen LogP contribution in [0.2, 0.25) is 5.02 Å². The molecule has 0 radical (unpaired) electrons. The average Bonchev–Trinajstić information content (AvgIpc) is 2.56. The number of ether oxygens (including phenoxy) is 1. The van der Waals surface area contributed by atoms with E-state index in [9.17, 15) is 0 Å². The molecule has 0 unspecified atom stereocenters. The molecule has 1 heterocycles. The largest absolute Gasteiger partial charge is 0.381 e. The third-order valence-corrected chi connectivity index (χ3v) is 3.91. The Labute approximate surface area is 130 Å². The monoisotopic (exact) mass is 302 g/mol. The lowest BCUT2D eigenvalue weighted by Gasteiger charge is -2.28. The Balaban J connectivity index is 1.57. The summed E-state index contributed by atoms with van der Waals surface area (Å²) in [6, 6.07) is 16.5. The number of hydrogen-bond donors (Lipinski definition) is 1. The van der Waals surface area contributed by atoms with Crippen LogP contribution in [0.25, 0.3) is 0 Å². The first-order chi connectivity index (χ1) is 10.3. The van der Waals surface area contributed by atoms with Gasteiger partial charge in [0.15, 0.2) is 0 Å². The first-order valence-corrected chi connectivity index (χ1v) is 7.60. The average molecular weight is 303 g/mol. The zero-order valence-electron chi connectivity index (χ0n) is 11.9. The van der Waals surface area contributed by atoms with Crippen molar-refractivity contribution in [1.82, 2.24) is 0 Å². The van der Waals surface area contributed by atoms with Crippen molar-refractivity contribution in [2.45, 2.75) is 6.54 Å². The van der Waals surface area contributed by atoms with E-state index in [1.807, 2.05) is 24.3 Å². The fourth-order valence-electron chi connectivity index (χ4n) is 2.42. The van der Waals surface area contributed by atoms with E-state index in [1.165, 1.54) is 11.3 Å². The molecule has 0 atom stereocenters. The molecule has 0 bridgehead atoms. The van der Waals surface area contributed by atoms with E-state index in [-0.39, 0.29) is 0 Å². The quantitative estimate of drug-likeness (QED) is 0.930. The Morgan fingerprint density at radius 2 is 1.62 bits per heavy atom. The summed E-state index contributed by atoms with van der Waals surface area (Å²) in [4.78, 5) is 2.35. The minimum atomic E-state index is 0.772. The van der Waals surface area contributed by atoms with E-state index in [0.29, 0.717) is 0 Å². The standard InChI is InChI=1S/C17H19ClN2O/c18-15-3-1-14(2-4-15)13-19-16-5-7-17(8-6-16)20-9-11-21-12-10-20/h1-8,19H,9-13H2. The molecule has 0 aliphatic carbocycles. The molecule has 0 aromatic heterocycles. The van der Waals surface area contributed by atoms with Crippen LogP contribution < -0.4 is 10.2 Å². The molecule has 4 heteroatoms. The predicted molar refractivity (Wildman–Crippen MR) is 88.3 cm³/mol. The number of morpholine rings is 1. The molecule has 0 spiro atoms. The molecule has 2 aromatic rings. The van der Waals surface area contributed by atoms with Gasteiger partial charge in [0.25, 0.3) is 0 Å². The lowest BCUT2D eigenvalue weighted by Crippen LogP contribution is -2.36. The van der Waals surface area contributed by atoms with Crippen LogP contribution in [0.5, 0.6) is 0 Å². The molecule has 2 aromatic carbocycles. The molecule has 21 heavy (non-hydrogen) atoms. The summed E-state index contributed by atoms with van der Waals surface area (Å²) in [5, 5.41) is 4.20. The van der Waals surface area contributed by atoms with Crippen molar-refractivity contribution in [3.63, 3.8) is 0 Å². The van der Waals surface area contributed by atoms with Crippen LogP contribution in [-0.2, 0) is 11.3 Å². The molecule has 3 nitrogen and oxygen atoms in total. The predicted octanol–water partition coefficient (Wildman–Crippen LogP) is 3.79. The molecule has 1 aliphatic rings. The Kier molecular flexibility index (Phi) is 4.63. The second-order valence-electron chi connectivity index (χ2n) is 5.13. The molecule has 1 aliphatic heterocycles. The lowest BCUT2D eigenvalue weighted by atomic mass is 10.2. The number of nitrogens with zero attached hydrogens (tertiary/aromatic N) is 1. The number of hydrogen-bond acceptors (Lipinski definition) is 3. The summed E-state index contributed by atoms with van der Waals surface area (Å²) in [6.45, 7) is 4.37. The van der Waals surface area contributed by atoms with Crippen molar-refractivity contribution in [2.24, 2.45) is 0 Å². The first-order valence-electron chi connectivity index (χ1n) is 7.22. The highest BCUT2D eigenvalue weighted by Crippen LogP contribution is 2.19. The van der Waals surface area contributed by atoms with Gasteiger partial charge < -0.3 is 15.0 Å². The molecule has 1 fully saturated rings. The van der Waals surface area contributed by atoms with Gasteiger partial charge in [-0.25, -0.2) is 0 Å². The van der Waals surface area contributed by atoms with Crippen molar-refractivity contribution in [3.05, 3.63) is 59.1 Å². The molecule has 110 valence electrons. The van der Waals surface area contributed by atoms with Gasteiger partial charge in [-0.1, -0.05) is 23.7 Å². The van der Waals surface area contributed by atoms with Crippen molar-refractivity contribution in [1.29, 1.82) is 0 Å². The lowest BCUT2D eigenvalue weighted by molar-refractivity contribution is 0.122. The summed E-state index contributed by atoms with van der Waals surface area (Å²) in [6.07, 6.45) is 0. The van der Waals surface area contributed by atoms with E-state index in [2.05, 4.69) is 34.5 Å². The van der Waals surface area contributed by atoms with Crippen molar-refractivity contribution < 1.29 is 4.74 Å². The maximum Gasteiger partial charge on any atom is 0.0642 e. The SMILES string of the molecule is Clc1ccc(CNc2ccc(N3CCOCC3)cc2)cc1. The van der Waals surface area contributed by atoms with E-state index in [1.54, 1.807) is 0 Å². The van der Waals surface area contributed by atoms with E-state index < -0.39 is 0 Å². The minimum Gasteiger partial charge on any atom is -0.381 e. The highest BCUT2D eigenvalue weighted by atomic mass is 35.5. The molecule has 1 saturated heterocycles. The second-order valence-corrected chi connectivity index (χ2v) is 5.56. The summed E-state index contributed by atoms with van der Waals surface area (Å²) < 4.78 is 5.38. The fourth-order valence-corrected chi connectivity index (χ4v) is 2.54. The number of benzene rings is 2. The van der Waals surface area contributed by atoms with Gasteiger partial charge in [-0.3, -0.25) is 0 Å². The number of halogens is 1. The normalized spacial score (nSPS) is 15.0. The number of rotatable bonds is 4. The molecule has 1 N–H and O–H groups in total. The van der Waals surface area contributed by atoms with E-state index >= 15 is 0 Å². The fraction of sp³-hybridized carbons (Fsp3) is 0.294. The van der Waals surface area contributed by atoms with Crippen molar-refractivity contribution >= 4 is 23.0 Å². The third kappa shape index (κ3) is 3.90. The highest BCUT2D eigenvalue weighted by Gasteiger charge is 2.10. The second kappa shape index (κ2) is 6.83. The van der Waals surface area contributed by atoms with Crippen molar-refractivity contribution in [2.75, 3.05) is 36.5 Å². The molecule has 0 saturated carbocycles. The minimum absolute atomic E-state index is 0.772.